The van der Waals surface area contributed by atoms with E-state index < -0.39 is 20.4 Å². The van der Waals surface area contributed by atoms with E-state index in [-0.39, 0.29) is 6.42 Å². The van der Waals surface area contributed by atoms with E-state index in [0.717, 1.165) is 0 Å². The lowest BCUT2D eigenvalue weighted by atomic mass is 9.87. The van der Waals surface area contributed by atoms with Crippen molar-refractivity contribution in [3.8, 4) is 0 Å². The molecule has 0 rings (SSSR count). The van der Waals surface area contributed by atoms with E-state index in [1.807, 2.05) is 0 Å². The average Bonchev–Trinajstić information content (AvgIpc) is 2.23. The molecule has 0 unspecified atom stereocenters. The predicted octanol–water partition coefficient (Wildman–Crippen LogP) is 3.23. The molecule has 0 amide bonds. The summed E-state index contributed by atoms with van der Waals surface area (Å²) in [6.07, 6.45) is -3.81. The molecular formula is C10H21F3O3Si. The van der Waals surface area contributed by atoms with Crippen molar-refractivity contribution >= 4 is 8.80 Å². The standard InChI is InChI=1S/C10H21F3O3Si/c1-9(2,10(11,12)13)7-6-8-17(14-3,15-4)16-5/h6-8H2,1-5H3. The van der Waals surface area contributed by atoms with Crippen LogP contribution in [0.3, 0.4) is 0 Å². The number of rotatable bonds is 7. The molecule has 0 saturated heterocycles. The van der Waals surface area contributed by atoms with Crippen LogP contribution in [0.1, 0.15) is 26.7 Å². The molecule has 0 radical (unpaired) electrons. The summed E-state index contributed by atoms with van der Waals surface area (Å²) in [5, 5.41) is 0. The fourth-order valence-corrected chi connectivity index (χ4v) is 3.17. The molecular weight excluding hydrogens is 253 g/mol. The first-order valence-electron chi connectivity index (χ1n) is 5.36. The zero-order valence-corrected chi connectivity index (χ0v) is 12.0. The monoisotopic (exact) mass is 274 g/mol. The summed E-state index contributed by atoms with van der Waals surface area (Å²) in [5.74, 6) is 0. The van der Waals surface area contributed by atoms with Crippen LogP contribution in [-0.2, 0) is 13.3 Å². The van der Waals surface area contributed by atoms with Crippen molar-refractivity contribution in [3.63, 3.8) is 0 Å². The summed E-state index contributed by atoms with van der Waals surface area (Å²) >= 11 is 0. The maximum atomic E-state index is 12.6. The first-order chi connectivity index (χ1) is 7.64. The van der Waals surface area contributed by atoms with Crippen LogP contribution >= 0.6 is 0 Å². The van der Waals surface area contributed by atoms with Crippen molar-refractivity contribution in [2.45, 2.75) is 38.9 Å². The lowest BCUT2D eigenvalue weighted by Crippen LogP contribution is -2.43. The summed E-state index contributed by atoms with van der Waals surface area (Å²) in [7, 11) is 1.61. The molecule has 17 heavy (non-hydrogen) atoms. The van der Waals surface area contributed by atoms with Gasteiger partial charge in [-0.15, -0.1) is 0 Å². The fraction of sp³-hybridized carbons (Fsp3) is 1.00. The van der Waals surface area contributed by atoms with E-state index in [4.69, 9.17) is 13.3 Å². The summed E-state index contributed by atoms with van der Waals surface area (Å²) in [5.41, 5.74) is -1.69. The zero-order valence-electron chi connectivity index (χ0n) is 11.0. The van der Waals surface area contributed by atoms with Gasteiger partial charge in [-0.2, -0.15) is 13.2 Å². The first-order valence-corrected chi connectivity index (χ1v) is 7.29. The summed E-state index contributed by atoms with van der Waals surface area (Å²) in [4.78, 5) is 0. The van der Waals surface area contributed by atoms with Gasteiger partial charge in [-0.05, 0) is 12.8 Å². The Hall–Kier alpha value is -0.113. The maximum absolute atomic E-state index is 12.6. The van der Waals surface area contributed by atoms with Crippen LogP contribution in [0.25, 0.3) is 0 Å². The third-order valence-corrected chi connectivity index (χ3v) is 5.82. The second kappa shape index (κ2) is 6.17. The minimum Gasteiger partial charge on any atom is -0.377 e. The van der Waals surface area contributed by atoms with Gasteiger partial charge in [-0.25, -0.2) is 0 Å². The minimum atomic E-state index is -4.19. The topological polar surface area (TPSA) is 27.7 Å². The van der Waals surface area contributed by atoms with Gasteiger partial charge in [0.05, 0.1) is 5.41 Å². The van der Waals surface area contributed by atoms with Crippen molar-refractivity contribution in [2.24, 2.45) is 5.41 Å². The Morgan fingerprint density at radius 1 is 0.941 bits per heavy atom. The van der Waals surface area contributed by atoms with Crippen LogP contribution in [0.4, 0.5) is 13.2 Å². The predicted molar refractivity (Wildman–Crippen MR) is 60.7 cm³/mol. The zero-order chi connectivity index (χ0) is 13.7. The maximum Gasteiger partial charge on any atom is 0.500 e. The Morgan fingerprint density at radius 3 is 1.65 bits per heavy atom. The molecule has 0 fully saturated rings. The van der Waals surface area contributed by atoms with Crippen LogP contribution in [0.5, 0.6) is 0 Å². The molecule has 3 nitrogen and oxygen atoms in total. The molecule has 0 atom stereocenters. The van der Waals surface area contributed by atoms with Crippen LogP contribution < -0.4 is 0 Å². The smallest absolute Gasteiger partial charge is 0.377 e. The van der Waals surface area contributed by atoms with E-state index >= 15 is 0 Å². The highest BCUT2D eigenvalue weighted by atomic mass is 28.4. The number of halogens is 3. The number of hydrogen-bond acceptors (Lipinski definition) is 3. The largest absolute Gasteiger partial charge is 0.500 e. The van der Waals surface area contributed by atoms with Crippen LogP contribution in [-0.4, -0.2) is 36.3 Å². The van der Waals surface area contributed by atoms with Gasteiger partial charge in [0.2, 0.25) is 0 Å². The molecule has 0 aliphatic rings. The van der Waals surface area contributed by atoms with Crippen molar-refractivity contribution in [1.29, 1.82) is 0 Å². The van der Waals surface area contributed by atoms with Gasteiger partial charge in [-0.1, -0.05) is 13.8 Å². The quantitative estimate of drug-likeness (QED) is 0.667. The molecule has 7 heteroatoms. The van der Waals surface area contributed by atoms with Gasteiger partial charge in [0.1, 0.15) is 0 Å². The highest BCUT2D eigenvalue weighted by Crippen LogP contribution is 2.41. The van der Waals surface area contributed by atoms with E-state index in [0.29, 0.717) is 12.5 Å². The lowest BCUT2D eigenvalue weighted by Gasteiger charge is -2.29. The van der Waals surface area contributed by atoms with Crippen LogP contribution in [0, 0.1) is 5.41 Å². The highest BCUT2D eigenvalue weighted by molar-refractivity contribution is 6.60. The third-order valence-electron chi connectivity index (χ3n) is 2.99. The molecule has 0 aliphatic heterocycles. The SMILES string of the molecule is CO[Si](CCCC(C)(C)C(F)(F)F)(OC)OC. The van der Waals surface area contributed by atoms with Crippen molar-refractivity contribution in [2.75, 3.05) is 21.3 Å². The summed E-state index contributed by atoms with van der Waals surface area (Å²) in [6.45, 7) is 2.39. The fourth-order valence-electron chi connectivity index (χ4n) is 1.44. The van der Waals surface area contributed by atoms with Crippen molar-refractivity contribution < 1.29 is 26.4 Å². The van der Waals surface area contributed by atoms with Gasteiger partial charge in [0, 0.05) is 27.4 Å². The van der Waals surface area contributed by atoms with Crippen molar-refractivity contribution in [3.05, 3.63) is 0 Å². The lowest BCUT2D eigenvalue weighted by molar-refractivity contribution is -0.213. The Morgan fingerprint density at radius 2 is 1.35 bits per heavy atom. The second-order valence-electron chi connectivity index (χ2n) is 4.53. The molecule has 0 bridgehead atoms. The Balaban J connectivity index is 4.32. The Labute approximate surface area is 102 Å². The molecule has 0 aromatic carbocycles. The van der Waals surface area contributed by atoms with Gasteiger partial charge in [0.15, 0.2) is 0 Å². The summed E-state index contributed by atoms with van der Waals surface area (Å²) in [6, 6.07) is 0.385. The average molecular weight is 274 g/mol. The number of hydrogen-bond donors (Lipinski definition) is 0. The van der Waals surface area contributed by atoms with Gasteiger partial charge in [0.25, 0.3) is 0 Å². The van der Waals surface area contributed by atoms with Gasteiger partial charge in [-0.3, -0.25) is 0 Å². The highest BCUT2D eigenvalue weighted by Gasteiger charge is 2.47. The van der Waals surface area contributed by atoms with Crippen molar-refractivity contribution in [1.82, 2.24) is 0 Å². The normalized spacial score (nSPS) is 14.1. The molecule has 0 aliphatic carbocycles. The van der Waals surface area contributed by atoms with Crippen LogP contribution in [0.15, 0.2) is 0 Å². The molecule has 0 heterocycles. The number of alkyl halides is 3. The third kappa shape index (κ3) is 4.57. The van der Waals surface area contributed by atoms with E-state index in [2.05, 4.69) is 0 Å². The Kier molecular flexibility index (Phi) is 6.13. The Bertz CT molecular complexity index is 217. The summed E-state index contributed by atoms with van der Waals surface area (Å²) < 4.78 is 53.3. The van der Waals surface area contributed by atoms with E-state index in [1.54, 1.807) is 0 Å². The molecule has 0 saturated carbocycles. The van der Waals surface area contributed by atoms with E-state index in [1.165, 1.54) is 35.2 Å². The van der Waals surface area contributed by atoms with Crippen LogP contribution in [0.2, 0.25) is 6.04 Å². The van der Waals surface area contributed by atoms with Gasteiger partial charge < -0.3 is 13.3 Å². The van der Waals surface area contributed by atoms with E-state index in [9.17, 15) is 13.2 Å². The molecule has 0 aromatic rings. The molecule has 0 aromatic heterocycles. The second-order valence-corrected chi connectivity index (χ2v) is 7.62. The molecule has 0 N–H and O–H groups in total. The van der Waals surface area contributed by atoms with Gasteiger partial charge >= 0.3 is 15.0 Å². The molecule has 0 spiro atoms. The minimum absolute atomic E-state index is 0.0291. The molecule has 104 valence electrons. The first kappa shape index (κ1) is 16.9.